The van der Waals surface area contributed by atoms with E-state index in [9.17, 15) is 13.6 Å². The number of nitrogens with zero attached hydrogens (tertiary/aromatic N) is 3. The van der Waals surface area contributed by atoms with Gasteiger partial charge in [-0.2, -0.15) is 4.98 Å². The third-order valence-electron chi connectivity index (χ3n) is 6.31. The van der Waals surface area contributed by atoms with Crippen LogP contribution in [0.1, 0.15) is 36.8 Å². The molecule has 1 aliphatic heterocycles. The van der Waals surface area contributed by atoms with E-state index in [1.165, 1.54) is 17.2 Å². The molecule has 2 heterocycles. The number of hydrogen-bond donors (Lipinski definition) is 1. The lowest BCUT2D eigenvalue weighted by atomic mass is 9.83. The average molecular weight is 455 g/mol. The molecule has 1 aliphatic rings. The highest BCUT2D eigenvalue weighted by Crippen LogP contribution is 2.29. The van der Waals surface area contributed by atoms with Crippen molar-refractivity contribution in [2.24, 2.45) is 17.6 Å². The number of hydrogen-bond acceptors (Lipinski definition) is 4. The molecule has 0 aliphatic carbocycles. The van der Waals surface area contributed by atoms with E-state index in [-0.39, 0.29) is 17.3 Å². The maximum atomic E-state index is 14.0. The van der Waals surface area contributed by atoms with E-state index in [0.29, 0.717) is 37.7 Å². The first-order valence-corrected chi connectivity index (χ1v) is 11.3. The van der Waals surface area contributed by atoms with Crippen LogP contribution >= 0.6 is 0 Å². The minimum Gasteiger partial charge on any atom is -0.351 e. The molecule has 1 aromatic heterocycles. The first-order valence-electron chi connectivity index (χ1n) is 11.3. The number of likely N-dealkylation sites (tertiary alicyclic amines) is 1. The maximum absolute atomic E-state index is 14.0. The fourth-order valence-electron chi connectivity index (χ4n) is 4.60. The summed E-state index contributed by atoms with van der Waals surface area (Å²) in [7, 11) is 0. The number of carbonyl (C=O) groups excluding carboxylic acids is 1. The molecular weight excluding hydrogens is 426 g/mol. The van der Waals surface area contributed by atoms with E-state index in [0.717, 1.165) is 31.4 Å². The molecule has 1 saturated heterocycles. The topological polar surface area (TPSA) is 85.2 Å². The van der Waals surface area contributed by atoms with Crippen LogP contribution in [0.3, 0.4) is 0 Å². The molecule has 2 N–H and O–H groups in total. The first-order chi connectivity index (χ1) is 15.9. The molecule has 3 aromatic rings. The number of primary amides is 1. The van der Waals surface area contributed by atoms with Crippen LogP contribution in [-0.2, 0) is 19.3 Å². The van der Waals surface area contributed by atoms with Gasteiger partial charge in [-0.1, -0.05) is 42.4 Å². The van der Waals surface area contributed by atoms with Crippen molar-refractivity contribution in [1.29, 1.82) is 0 Å². The predicted molar refractivity (Wildman–Crippen MR) is 120 cm³/mol. The second kappa shape index (κ2) is 10.1. The van der Waals surface area contributed by atoms with Crippen molar-refractivity contribution < 1.29 is 18.1 Å². The molecule has 4 rings (SSSR count). The number of rotatable bonds is 7. The van der Waals surface area contributed by atoms with Gasteiger partial charge in [0.15, 0.2) is 0 Å². The van der Waals surface area contributed by atoms with Crippen molar-refractivity contribution in [2.75, 3.05) is 13.1 Å². The fraction of sp³-hybridized carbons (Fsp3) is 0.400. The van der Waals surface area contributed by atoms with E-state index in [2.05, 4.69) is 41.3 Å². The van der Waals surface area contributed by atoms with Crippen LogP contribution in [-0.4, -0.2) is 34.2 Å². The number of nitrogens with two attached hydrogens (primary N) is 1. The highest BCUT2D eigenvalue weighted by atomic mass is 19.1. The van der Waals surface area contributed by atoms with Gasteiger partial charge in [0, 0.05) is 19.5 Å². The normalized spacial score (nSPS) is 18.5. The molecule has 2 amide bonds. The summed E-state index contributed by atoms with van der Waals surface area (Å²) in [5, 5.41) is 3.75. The Balaban J connectivity index is 1.40. The monoisotopic (exact) mass is 454 g/mol. The minimum absolute atomic E-state index is 0.101. The summed E-state index contributed by atoms with van der Waals surface area (Å²) in [5.41, 5.74) is 7.85. The Bertz CT molecular complexity index is 1080. The van der Waals surface area contributed by atoms with Gasteiger partial charge >= 0.3 is 6.03 Å². The Morgan fingerprint density at radius 1 is 1.09 bits per heavy atom. The highest BCUT2D eigenvalue weighted by molar-refractivity contribution is 5.72. The van der Waals surface area contributed by atoms with E-state index in [4.69, 9.17) is 10.3 Å². The van der Waals surface area contributed by atoms with Crippen LogP contribution in [0.25, 0.3) is 11.4 Å². The van der Waals surface area contributed by atoms with Gasteiger partial charge in [-0.05, 0) is 60.8 Å². The Morgan fingerprint density at radius 2 is 1.76 bits per heavy atom. The SMILES string of the molecule is CCc1ccc(CC2CC(CCc3nc(-c4c(F)cccc4F)no3)CN(C(N)=O)C2)cc1. The summed E-state index contributed by atoms with van der Waals surface area (Å²) in [6.45, 7) is 3.34. The summed E-state index contributed by atoms with van der Waals surface area (Å²) in [6.07, 6.45) is 3.99. The number of aryl methyl sites for hydroxylation is 2. The number of aromatic nitrogens is 2. The first kappa shape index (κ1) is 22.9. The number of amides is 2. The Hall–Kier alpha value is -3.29. The lowest BCUT2D eigenvalue weighted by molar-refractivity contribution is 0.136. The molecule has 6 nitrogen and oxygen atoms in total. The predicted octanol–water partition coefficient (Wildman–Crippen LogP) is 4.77. The largest absolute Gasteiger partial charge is 0.351 e. The number of urea groups is 1. The molecule has 33 heavy (non-hydrogen) atoms. The van der Waals surface area contributed by atoms with E-state index >= 15 is 0 Å². The van der Waals surface area contributed by atoms with Gasteiger partial charge < -0.3 is 15.2 Å². The van der Waals surface area contributed by atoms with Gasteiger partial charge in [0.1, 0.15) is 11.6 Å². The summed E-state index contributed by atoms with van der Waals surface area (Å²) in [5.74, 6) is -0.740. The number of piperidine rings is 1. The van der Waals surface area contributed by atoms with Gasteiger partial charge in [0.25, 0.3) is 0 Å². The Labute approximate surface area is 191 Å². The second-order valence-electron chi connectivity index (χ2n) is 8.73. The quantitative estimate of drug-likeness (QED) is 0.557. The van der Waals surface area contributed by atoms with Crippen LogP contribution in [0.5, 0.6) is 0 Å². The number of benzene rings is 2. The van der Waals surface area contributed by atoms with Crippen molar-refractivity contribution in [1.82, 2.24) is 15.0 Å². The van der Waals surface area contributed by atoms with Crippen molar-refractivity contribution in [2.45, 2.75) is 39.0 Å². The van der Waals surface area contributed by atoms with Crippen LogP contribution in [0.15, 0.2) is 47.0 Å². The minimum atomic E-state index is -0.735. The fourth-order valence-corrected chi connectivity index (χ4v) is 4.60. The summed E-state index contributed by atoms with van der Waals surface area (Å²) in [4.78, 5) is 17.8. The Kier molecular flexibility index (Phi) is 7.01. The van der Waals surface area contributed by atoms with Crippen molar-refractivity contribution in [3.05, 3.63) is 71.1 Å². The van der Waals surface area contributed by atoms with Crippen LogP contribution in [0, 0.1) is 23.5 Å². The van der Waals surface area contributed by atoms with Crippen molar-refractivity contribution in [3.8, 4) is 11.4 Å². The van der Waals surface area contributed by atoms with Crippen LogP contribution in [0.4, 0.5) is 13.6 Å². The van der Waals surface area contributed by atoms with Gasteiger partial charge in [-0.25, -0.2) is 13.6 Å². The maximum Gasteiger partial charge on any atom is 0.314 e. The van der Waals surface area contributed by atoms with Gasteiger partial charge in [-0.15, -0.1) is 0 Å². The summed E-state index contributed by atoms with van der Waals surface area (Å²) >= 11 is 0. The third kappa shape index (κ3) is 5.56. The van der Waals surface area contributed by atoms with Gasteiger partial charge in [0.2, 0.25) is 11.7 Å². The molecule has 0 spiro atoms. The van der Waals surface area contributed by atoms with Crippen LogP contribution in [0.2, 0.25) is 0 Å². The molecule has 174 valence electrons. The van der Waals surface area contributed by atoms with Gasteiger partial charge in [0.05, 0.1) is 5.56 Å². The molecule has 0 bridgehead atoms. The van der Waals surface area contributed by atoms with Crippen molar-refractivity contribution in [3.63, 3.8) is 0 Å². The molecule has 2 aromatic carbocycles. The van der Waals surface area contributed by atoms with Crippen molar-refractivity contribution >= 4 is 6.03 Å². The van der Waals surface area contributed by atoms with Crippen LogP contribution < -0.4 is 5.73 Å². The number of carbonyl (C=O) groups is 1. The zero-order valence-electron chi connectivity index (χ0n) is 18.6. The highest BCUT2D eigenvalue weighted by Gasteiger charge is 2.29. The van der Waals surface area contributed by atoms with E-state index in [1.807, 2.05) is 0 Å². The van der Waals surface area contributed by atoms with E-state index in [1.54, 1.807) is 4.90 Å². The molecule has 0 saturated carbocycles. The lowest BCUT2D eigenvalue weighted by Crippen LogP contribution is -2.47. The zero-order chi connectivity index (χ0) is 23.4. The van der Waals surface area contributed by atoms with E-state index < -0.39 is 17.7 Å². The van der Waals surface area contributed by atoms with Gasteiger partial charge in [-0.3, -0.25) is 0 Å². The second-order valence-corrected chi connectivity index (χ2v) is 8.73. The summed E-state index contributed by atoms with van der Waals surface area (Å²) < 4.78 is 33.2. The molecule has 2 atom stereocenters. The molecule has 1 fully saturated rings. The molecule has 0 radical (unpaired) electrons. The lowest BCUT2D eigenvalue weighted by Gasteiger charge is -2.37. The summed E-state index contributed by atoms with van der Waals surface area (Å²) in [6, 6.07) is 11.8. The zero-order valence-corrected chi connectivity index (χ0v) is 18.6. The smallest absolute Gasteiger partial charge is 0.314 e. The molecule has 8 heteroatoms. The Morgan fingerprint density at radius 3 is 2.42 bits per heavy atom. The standard InChI is InChI=1S/C25H28F2N4O2/c1-2-16-6-8-17(9-7-16)12-19-13-18(14-31(15-19)25(28)32)10-11-22-29-24(30-33-22)23-20(26)4-3-5-21(23)27/h3-9,18-19H,2,10-15H2,1H3,(H2,28,32). The number of halogens is 2. The third-order valence-corrected chi connectivity index (χ3v) is 6.31. The average Bonchev–Trinajstić information content (AvgIpc) is 3.26. The molecule has 2 unspecified atom stereocenters. The molecular formula is C25H28F2N4O2.